The lowest BCUT2D eigenvalue weighted by Crippen LogP contribution is -2.36. The summed E-state index contributed by atoms with van der Waals surface area (Å²) in [6.45, 7) is 7.10. The second-order valence-electron chi connectivity index (χ2n) is 6.47. The first-order chi connectivity index (χ1) is 10.6. The molecule has 1 aromatic heterocycles. The summed E-state index contributed by atoms with van der Waals surface area (Å²) in [7, 11) is 0. The molecule has 0 N–H and O–H groups in total. The fourth-order valence-corrected chi connectivity index (χ4v) is 3.33. The molecule has 2 heterocycles. The highest BCUT2D eigenvalue weighted by atomic mass is 16.6. The van der Waals surface area contributed by atoms with Crippen molar-refractivity contribution in [2.24, 2.45) is 5.92 Å². The maximum absolute atomic E-state index is 10.9. The molecule has 3 rings (SSSR count). The summed E-state index contributed by atoms with van der Waals surface area (Å²) in [5, 5.41) is 10.9. The molecule has 1 saturated heterocycles. The maximum atomic E-state index is 10.9. The number of pyridine rings is 1. The molecular weight excluding hydrogens is 280 g/mol. The molecule has 6 nitrogen and oxygen atoms in total. The van der Waals surface area contributed by atoms with Crippen molar-refractivity contribution in [1.29, 1.82) is 0 Å². The first-order valence-electron chi connectivity index (χ1n) is 8.23. The zero-order chi connectivity index (χ0) is 15.5. The van der Waals surface area contributed by atoms with Gasteiger partial charge in [0.25, 0.3) is 5.69 Å². The Morgan fingerprint density at radius 1 is 1.23 bits per heavy atom. The summed E-state index contributed by atoms with van der Waals surface area (Å²) in [6.07, 6.45) is 5.31. The van der Waals surface area contributed by atoms with Crippen LogP contribution < -0.4 is 4.90 Å². The number of aromatic nitrogens is 1. The van der Waals surface area contributed by atoms with E-state index in [2.05, 4.69) is 14.8 Å². The predicted octanol–water partition coefficient (Wildman–Crippen LogP) is 2.61. The normalized spacial score (nSPS) is 20.5. The minimum Gasteiger partial charge on any atom is -0.355 e. The van der Waals surface area contributed by atoms with Gasteiger partial charge in [0.2, 0.25) is 0 Å². The van der Waals surface area contributed by atoms with E-state index in [-0.39, 0.29) is 10.6 Å². The number of nitro groups is 1. The van der Waals surface area contributed by atoms with Crippen LogP contribution in [0.2, 0.25) is 0 Å². The van der Waals surface area contributed by atoms with E-state index in [1.54, 1.807) is 19.1 Å². The third kappa shape index (κ3) is 3.38. The van der Waals surface area contributed by atoms with Crippen molar-refractivity contribution in [2.75, 3.05) is 37.6 Å². The van der Waals surface area contributed by atoms with E-state index in [1.807, 2.05) is 0 Å². The Kier molecular flexibility index (Phi) is 4.57. The molecule has 2 fully saturated rings. The molecule has 2 aliphatic rings. The Balaban J connectivity index is 1.62. The molecule has 0 radical (unpaired) electrons. The molecule has 0 atom stereocenters. The average Bonchev–Trinajstić information content (AvgIpc) is 2.68. The highest BCUT2D eigenvalue weighted by molar-refractivity contribution is 5.46. The van der Waals surface area contributed by atoms with Crippen molar-refractivity contribution in [1.82, 2.24) is 9.88 Å². The Morgan fingerprint density at radius 3 is 2.68 bits per heavy atom. The van der Waals surface area contributed by atoms with E-state index in [4.69, 9.17) is 0 Å². The summed E-state index contributed by atoms with van der Waals surface area (Å²) in [5.74, 6) is 1.78. The fourth-order valence-electron chi connectivity index (χ4n) is 3.33. The lowest BCUT2D eigenvalue weighted by atomic mass is 9.85. The molecule has 0 spiro atoms. The molecule has 1 saturated carbocycles. The number of hydrogen-bond acceptors (Lipinski definition) is 5. The number of nitrogens with zero attached hydrogens (tertiary/aromatic N) is 4. The molecule has 1 aliphatic heterocycles. The summed E-state index contributed by atoms with van der Waals surface area (Å²) in [6, 6.07) is 3.36. The van der Waals surface area contributed by atoms with Crippen molar-refractivity contribution in [3.05, 3.63) is 27.9 Å². The maximum Gasteiger partial charge on any atom is 0.290 e. The number of anilines is 1. The van der Waals surface area contributed by atoms with Gasteiger partial charge in [0.15, 0.2) is 0 Å². The third-order valence-electron chi connectivity index (χ3n) is 4.89. The summed E-state index contributed by atoms with van der Waals surface area (Å²) in [5.41, 5.74) is 0.600. The SMILES string of the molecule is Cc1nc(N2CCCN(CC3CCC3)CC2)ccc1[N+](=O)[O-]. The van der Waals surface area contributed by atoms with Crippen LogP contribution >= 0.6 is 0 Å². The monoisotopic (exact) mass is 304 g/mol. The number of rotatable bonds is 4. The van der Waals surface area contributed by atoms with Crippen LogP contribution in [0.1, 0.15) is 31.4 Å². The molecule has 0 unspecified atom stereocenters. The largest absolute Gasteiger partial charge is 0.355 e. The predicted molar refractivity (Wildman–Crippen MR) is 86.2 cm³/mol. The Hall–Kier alpha value is -1.69. The molecule has 22 heavy (non-hydrogen) atoms. The van der Waals surface area contributed by atoms with E-state index in [0.29, 0.717) is 5.69 Å². The van der Waals surface area contributed by atoms with Gasteiger partial charge in [0, 0.05) is 32.2 Å². The third-order valence-corrected chi connectivity index (χ3v) is 4.89. The minimum absolute atomic E-state index is 0.102. The van der Waals surface area contributed by atoms with Gasteiger partial charge in [0.1, 0.15) is 11.5 Å². The zero-order valence-electron chi connectivity index (χ0n) is 13.2. The Bertz CT molecular complexity index is 545. The highest BCUT2D eigenvalue weighted by Crippen LogP contribution is 2.27. The van der Waals surface area contributed by atoms with Gasteiger partial charge in [0.05, 0.1) is 4.92 Å². The summed E-state index contributed by atoms with van der Waals surface area (Å²) in [4.78, 5) is 19.8. The second kappa shape index (κ2) is 6.60. The van der Waals surface area contributed by atoms with Crippen molar-refractivity contribution in [3.8, 4) is 0 Å². The average molecular weight is 304 g/mol. The van der Waals surface area contributed by atoms with Crippen LogP contribution in [0.15, 0.2) is 12.1 Å². The molecule has 6 heteroatoms. The lowest BCUT2D eigenvalue weighted by molar-refractivity contribution is -0.385. The molecule has 0 amide bonds. The van der Waals surface area contributed by atoms with E-state index < -0.39 is 0 Å². The topological polar surface area (TPSA) is 62.5 Å². The molecular formula is C16H24N4O2. The molecule has 0 aromatic carbocycles. The quantitative estimate of drug-likeness (QED) is 0.632. The first-order valence-corrected chi connectivity index (χ1v) is 8.23. The van der Waals surface area contributed by atoms with Gasteiger partial charge in [-0.3, -0.25) is 10.1 Å². The van der Waals surface area contributed by atoms with Crippen LogP contribution in [0, 0.1) is 23.0 Å². The molecule has 120 valence electrons. The standard InChI is InChI=1S/C16H24N4O2/c1-13-15(20(21)22)6-7-16(17-13)19-9-3-8-18(10-11-19)12-14-4-2-5-14/h6-7,14H,2-5,8-12H2,1H3. The van der Waals surface area contributed by atoms with Gasteiger partial charge in [-0.05, 0) is 44.7 Å². The number of hydrogen-bond donors (Lipinski definition) is 0. The smallest absolute Gasteiger partial charge is 0.290 e. The minimum atomic E-state index is -0.366. The van der Waals surface area contributed by atoms with E-state index in [0.717, 1.165) is 44.3 Å². The molecule has 1 aliphatic carbocycles. The van der Waals surface area contributed by atoms with Gasteiger partial charge in [-0.2, -0.15) is 0 Å². The van der Waals surface area contributed by atoms with Crippen molar-refractivity contribution in [2.45, 2.75) is 32.6 Å². The van der Waals surface area contributed by atoms with Crippen molar-refractivity contribution < 1.29 is 4.92 Å². The van der Waals surface area contributed by atoms with Gasteiger partial charge in [-0.15, -0.1) is 0 Å². The molecule has 0 bridgehead atoms. The fraction of sp³-hybridized carbons (Fsp3) is 0.688. The van der Waals surface area contributed by atoms with Crippen LogP contribution in [0.3, 0.4) is 0 Å². The Labute approximate surface area is 131 Å². The van der Waals surface area contributed by atoms with Gasteiger partial charge in [-0.1, -0.05) is 6.42 Å². The first kappa shape index (κ1) is 15.2. The van der Waals surface area contributed by atoms with Crippen LogP contribution in [0.5, 0.6) is 0 Å². The van der Waals surface area contributed by atoms with Gasteiger partial charge < -0.3 is 9.80 Å². The van der Waals surface area contributed by atoms with E-state index >= 15 is 0 Å². The van der Waals surface area contributed by atoms with Crippen molar-refractivity contribution >= 4 is 11.5 Å². The van der Waals surface area contributed by atoms with Crippen LogP contribution in [-0.4, -0.2) is 47.5 Å². The van der Waals surface area contributed by atoms with E-state index in [1.165, 1.54) is 25.8 Å². The van der Waals surface area contributed by atoms with Crippen LogP contribution in [-0.2, 0) is 0 Å². The zero-order valence-corrected chi connectivity index (χ0v) is 13.2. The summed E-state index contributed by atoms with van der Waals surface area (Å²) >= 11 is 0. The second-order valence-corrected chi connectivity index (χ2v) is 6.47. The molecule has 1 aromatic rings. The van der Waals surface area contributed by atoms with Crippen LogP contribution in [0.4, 0.5) is 11.5 Å². The number of aryl methyl sites for hydroxylation is 1. The van der Waals surface area contributed by atoms with Gasteiger partial charge in [-0.25, -0.2) is 4.98 Å². The van der Waals surface area contributed by atoms with Crippen molar-refractivity contribution in [3.63, 3.8) is 0 Å². The highest BCUT2D eigenvalue weighted by Gasteiger charge is 2.23. The Morgan fingerprint density at radius 2 is 2.05 bits per heavy atom. The summed E-state index contributed by atoms with van der Waals surface area (Å²) < 4.78 is 0. The lowest BCUT2D eigenvalue weighted by Gasteiger charge is -2.31. The van der Waals surface area contributed by atoms with Crippen LogP contribution in [0.25, 0.3) is 0 Å². The van der Waals surface area contributed by atoms with Gasteiger partial charge >= 0.3 is 0 Å². The van der Waals surface area contributed by atoms with E-state index in [9.17, 15) is 10.1 Å².